The minimum absolute atomic E-state index is 0.260. The van der Waals surface area contributed by atoms with Gasteiger partial charge in [-0.15, -0.1) is 0 Å². The highest BCUT2D eigenvalue weighted by Gasteiger charge is 2.13. The molecule has 0 saturated carbocycles. The first kappa shape index (κ1) is 19.6. The molecule has 0 fully saturated rings. The standard InChI is InChI=1S/C21H21ClN4O2/c1-12-5-7-16(13(2)9-12)26-21(27)18-11-20(24-14(3)23-18)25-17-10-15(22)6-8-19(17)28-4/h5-11H,1-4H3,(H,26,27)(H,23,24,25). The molecular weight excluding hydrogens is 376 g/mol. The van der Waals surface area contributed by atoms with Crippen LogP contribution in [0.25, 0.3) is 0 Å². The molecular formula is C21H21ClN4O2. The fourth-order valence-corrected chi connectivity index (χ4v) is 2.98. The summed E-state index contributed by atoms with van der Waals surface area (Å²) in [7, 11) is 1.57. The Hall–Kier alpha value is -3.12. The smallest absolute Gasteiger partial charge is 0.274 e. The summed E-state index contributed by atoms with van der Waals surface area (Å²) in [5.41, 5.74) is 3.78. The maximum absolute atomic E-state index is 12.7. The lowest BCUT2D eigenvalue weighted by atomic mass is 10.1. The van der Waals surface area contributed by atoms with Crippen molar-refractivity contribution in [2.75, 3.05) is 17.7 Å². The highest BCUT2D eigenvalue weighted by molar-refractivity contribution is 6.31. The first-order chi connectivity index (χ1) is 13.4. The largest absolute Gasteiger partial charge is 0.495 e. The van der Waals surface area contributed by atoms with Crippen molar-refractivity contribution in [2.45, 2.75) is 20.8 Å². The number of ether oxygens (including phenoxy) is 1. The number of anilines is 3. The quantitative estimate of drug-likeness (QED) is 0.630. The second-order valence-corrected chi connectivity index (χ2v) is 6.86. The predicted molar refractivity (Wildman–Crippen MR) is 112 cm³/mol. The van der Waals surface area contributed by atoms with Crippen LogP contribution in [-0.4, -0.2) is 23.0 Å². The molecule has 2 N–H and O–H groups in total. The molecule has 0 radical (unpaired) electrons. The van der Waals surface area contributed by atoms with E-state index in [4.69, 9.17) is 16.3 Å². The third-order valence-electron chi connectivity index (χ3n) is 4.12. The van der Waals surface area contributed by atoms with Crippen LogP contribution in [0.4, 0.5) is 17.2 Å². The maximum atomic E-state index is 12.7. The van der Waals surface area contributed by atoms with Gasteiger partial charge in [0.05, 0.1) is 12.8 Å². The van der Waals surface area contributed by atoms with Crippen LogP contribution in [0.1, 0.15) is 27.4 Å². The number of aromatic nitrogens is 2. The van der Waals surface area contributed by atoms with E-state index in [1.54, 1.807) is 38.3 Å². The Kier molecular flexibility index (Phi) is 5.80. The van der Waals surface area contributed by atoms with E-state index in [-0.39, 0.29) is 11.6 Å². The van der Waals surface area contributed by atoms with Gasteiger partial charge in [-0.3, -0.25) is 4.79 Å². The summed E-state index contributed by atoms with van der Waals surface area (Å²) >= 11 is 6.08. The van der Waals surface area contributed by atoms with Crippen LogP contribution in [0.3, 0.4) is 0 Å². The lowest BCUT2D eigenvalue weighted by Crippen LogP contribution is -2.16. The molecule has 1 amide bonds. The van der Waals surface area contributed by atoms with Crippen molar-refractivity contribution in [1.82, 2.24) is 9.97 Å². The Labute approximate surface area is 168 Å². The monoisotopic (exact) mass is 396 g/mol. The van der Waals surface area contributed by atoms with Crippen molar-refractivity contribution in [3.8, 4) is 5.75 Å². The molecule has 2 aromatic carbocycles. The molecule has 3 aromatic rings. The molecule has 144 valence electrons. The van der Waals surface area contributed by atoms with Crippen LogP contribution >= 0.6 is 11.6 Å². The van der Waals surface area contributed by atoms with Crippen molar-refractivity contribution in [1.29, 1.82) is 0 Å². The molecule has 0 saturated heterocycles. The average molecular weight is 397 g/mol. The zero-order valence-electron chi connectivity index (χ0n) is 16.1. The SMILES string of the molecule is COc1ccc(Cl)cc1Nc1cc(C(=O)Nc2ccc(C)cc2C)nc(C)n1. The van der Waals surface area contributed by atoms with Crippen molar-refractivity contribution in [3.63, 3.8) is 0 Å². The summed E-state index contributed by atoms with van der Waals surface area (Å²) in [5, 5.41) is 6.60. The molecule has 0 spiro atoms. The molecule has 0 atom stereocenters. The van der Waals surface area contributed by atoms with E-state index in [0.717, 1.165) is 16.8 Å². The number of aryl methyl sites for hydroxylation is 3. The Balaban J connectivity index is 1.87. The van der Waals surface area contributed by atoms with Gasteiger partial charge in [-0.2, -0.15) is 0 Å². The van der Waals surface area contributed by atoms with Crippen LogP contribution in [0.2, 0.25) is 5.02 Å². The number of halogens is 1. The van der Waals surface area contributed by atoms with Crippen molar-refractivity contribution >= 4 is 34.7 Å². The molecule has 0 aliphatic rings. The fourth-order valence-electron chi connectivity index (χ4n) is 2.80. The normalized spacial score (nSPS) is 10.5. The fraction of sp³-hybridized carbons (Fsp3) is 0.190. The first-order valence-corrected chi connectivity index (χ1v) is 9.08. The third kappa shape index (κ3) is 4.58. The molecule has 0 aliphatic heterocycles. The van der Waals surface area contributed by atoms with E-state index in [0.29, 0.717) is 28.1 Å². The number of carbonyl (C=O) groups is 1. The van der Waals surface area contributed by atoms with Gasteiger partial charge >= 0.3 is 0 Å². The van der Waals surface area contributed by atoms with Crippen LogP contribution < -0.4 is 15.4 Å². The molecule has 0 aliphatic carbocycles. The number of carbonyl (C=O) groups excluding carboxylic acids is 1. The lowest BCUT2D eigenvalue weighted by molar-refractivity contribution is 0.102. The summed E-state index contributed by atoms with van der Waals surface area (Å²) < 4.78 is 5.34. The van der Waals surface area contributed by atoms with Gasteiger partial charge in [0.25, 0.3) is 5.91 Å². The number of hydrogen-bond acceptors (Lipinski definition) is 5. The van der Waals surface area contributed by atoms with Gasteiger partial charge in [-0.05, 0) is 50.6 Å². The lowest BCUT2D eigenvalue weighted by Gasteiger charge is -2.13. The van der Waals surface area contributed by atoms with Crippen molar-refractivity contribution in [3.05, 3.63) is 70.1 Å². The van der Waals surface area contributed by atoms with Gasteiger partial charge in [-0.1, -0.05) is 29.3 Å². The van der Waals surface area contributed by atoms with Gasteiger partial charge in [0.2, 0.25) is 0 Å². The number of hydrogen-bond donors (Lipinski definition) is 2. The Morgan fingerprint density at radius 1 is 1.00 bits per heavy atom. The summed E-state index contributed by atoms with van der Waals surface area (Å²) in [6, 6.07) is 12.7. The molecule has 6 nitrogen and oxygen atoms in total. The highest BCUT2D eigenvalue weighted by atomic mass is 35.5. The Morgan fingerprint density at radius 3 is 2.50 bits per heavy atom. The van der Waals surface area contributed by atoms with E-state index in [1.807, 2.05) is 32.0 Å². The van der Waals surface area contributed by atoms with E-state index < -0.39 is 0 Å². The van der Waals surface area contributed by atoms with Crippen LogP contribution in [0, 0.1) is 20.8 Å². The third-order valence-corrected chi connectivity index (χ3v) is 4.36. The van der Waals surface area contributed by atoms with Crippen LogP contribution in [-0.2, 0) is 0 Å². The van der Waals surface area contributed by atoms with E-state index >= 15 is 0 Å². The van der Waals surface area contributed by atoms with Crippen LogP contribution in [0.15, 0.2) is 42.5 Å². The second-order valence-electron chi connectivity index (χ2n) is 6.43. The van der Waals surface area contributed by atoms with Gasteiger partial charge in [-0.25, -0.2) is 9.97 Å². The molecule has 28 heavy (non-hydrogen) atoms. The second kappa shape index (κ2) is 8.27. The van der Waals surface area contributed by atoms with Crippen LogP contribution in [0.5, 0.6) is 5.75 Å². The maximum Gasteiger partial charge on any atom is 0.274 e. The van der Waals surface area contributed by atoms with Crippen molar-refractivity contribution in [2.24, 2.45) is 0 Å². The molecule has 3 rings (SSSR count). The summed E-state index contributed by atoms with van der Waals surface area (Å²) in [5.74, 6) is 1.25. The summed E-state index contributed by atoms with van der Waals surface area (Å²) in [4.78, 5) is 21.3. The van der Waals surface area contributed by atoms with Gasteiger partial charge in [0.1, 0.15) is 23.1 Å². The average Bonchev–Trinajstić information content (AvgIpc) is 2.63. The van der Waals surface area contributed by atoms with E-state index in [9.17, 15) is 4.79 Å². The number of amides is 1. The Morgan fingerprint density at radius 2 is 1.79 bits per heavy atom. The number of methoxy groups -OCH3 is 1. The number of rotatable bonds is 5. The number of benzene rings is 2. The minimum atomic E-state index is -0.307. The topological polar surface area (TPSA) is 76.1 Å². The number of nitrogens with one attached hydrogen (secondary N) is 2. The zero-order chi connectivity index (χ0) is 20.3. The van der Waals surface area contributed by atoms with E-state index in [2.05, 4.69) is 20.6 Å². The first-order valence-electron chi connectivity index (χ1n) is 8.70. The molecule has 0 unspecified atom stereocenters. The predicted octanol–water partition coefficient (Wildman–Crippen LogP) is 5.06. The molecule has 7 heteroatoms. The van der Waals surface area contributed by atoms with Gasteiger partial charge in [0.15, 0.2) is 0 Å². The van der Waals surface area contributed by atoms with Crippen molar-refractivity contribution < 1.29 is 9.53 Å². The summed E-state index contributed by atoms with van der Waals surface area (Å²) in [6.45, 7) is 5.69. The summed E-state index contributed by atoms with van der Waals surface area (Å²) in [6.07, 6.45) is 0. The molecule has 1 aromatic heterocycles. The molecule has 0 bridgehead atoms. The van der Waals surface area contributed by atoms with Gasteiger partial charge < -0.3 is 15.4 Å². The number of nitrogens with zero attached hydrogens (tertiary/aromatic N) is 2. The highest BCUT2D eigenvalue weighted by Crippen LogP contribution is 2.30. The molecule has 1 heterocycles. The van der Waals surface area contributed by atoms with Gasteiger partial charge in [0, 0.05) is 16.8 Å². The Bertz CT molecular complexity index is 1040. The minimum Gasteiger partial charge on any atom is -0.495 e. The van der Waals surface area contributed by atoms with E-state index in [1.165, 1.54) is 0 Å². The zero-order valence-corrected chi connectivity index (χ0v) is 16.9.